The van der Waals surface area contributed by atoms with Gasteiger partial charge in [0.1, 0.15) is 0 Å². The predicted molar refractivity (Wildman–Crippen MR) is 71.1 cm³/mol. The first-order valence-corrected chi connectivity index (χ1v) is 6.50. The summed E-state index contributed by atoms with van der Waals surface area (Å²) >= 11 is 1.81. The zero-order valence-electron chi connectivity index (χ0n) is 9.47. The van der Waals surface area contributed by atoms with Gasteiger partial charge < -0.3 is 5.73 Å². The first-order valence-electron chi connectivity index (χ1n) is 5.10. The van der Waals surface area contributed by atoms with Crippen LogP contribution in [-0.4, -0.2) is 16.0 Å². The Labute approximate surface area is 99.3 Å². The number of thioether (sulfide) groups is 1. The van der Waals surface area contributed by atoms with Crippen LogP contribution >= 0.6 is 11.8 Å². The van der Waals surface area contributed by atoms with Gasteiger partial charge in [-0.2, -0.15) is 16.9 Å². The molecule has 4 heteroatoms. The Morgan fingerprint density at radius 1 is 1.56 bits per heavy atom. The van der Waals surface area contributed by atoms with Crippen LogP contribution in [0.3, 0.4) is 0 Å². The molecule has 16 heavy (non-hydrogen) atoms. The van der Waals surface area contributed by atoms with Gasteiger partial charge in [0.15, 0.2) is 0 Å². The minimum atomic E-state index is 0.933. The van der Waals surface area contributed by atoms with Gasteiger partial charge in [0, 0.05) is 23.5 Å². The fourth-order valence-corrected chi connectivity index (χ4v) is 2.09. The zero-order chi connectivity index (χ0) is 11.5. The van der Waals surface area contributed by atoms with Gasteiger partial charge >= 0.3 is 0 Å². The normalized spacial score (nSPS) is 12.2. The van der Waals surface area contributed by atoms with E-state index in [1.807, 2.05) is 29.6 Å². The molecule has 0 atom stereocenters. The van der Waals surface area contributed by atoms with E-state index in [0.717, 1.165) is 22.4 Å². The molecule has 1 aromatic carbocycles. The molecule has 0 aliphatic rings. The lowest BCUT2D eigenvalue weighted by atomic mass is 10.2. The smallest absolute Gasteiger partial charge is 0.0930 e. The Hall–Kier alpha value is -1.42. The van der Waals surface area contributed by atoms with Crippen LogP contribution in [-0.2, 0) is 5.75 Å². The highest BCUT2D eigenvalue weighted by atomic mass is 32.2. The van der Waals surface area contributed by atoms with Gasteiger partial charge in [0.2, 0.25) is 0 Å². The van der Waals surface area contributed by atoms with Crippen LogP contribution in [0.25, 0.3) is 16.6 Å². The van der Waals surface area contributed by atoms with Gasteiger partial charge in [-0.1, -0.05) is 12.1 Å². The third-order valence-electron chi connectivity index (χ3n) is 2.49. The van der Waals surface area contributed by atoms with Gasteiger partial charge in [-0.3, -0.25) is 0 Å². The van der Waals surface area contributed by atoms with E-state index in [9.17, 15) is 0 Å². The van der Waals surface area contributed by atoms with E-state index in [4.69, 9.17) is 5.73 Å². The number of nitrogens with zero attached hydrogens (tertiary/aromatic N) is 2. The summed E-state index contributed by atoms with van der Waals surface area (Å²) in [6, 6.07) is 6.38. The molecule has 0 spiro atoms. The summed E-state index contributed by atoms with van der Waals surface area (Å²) in [5.41, 5.74) is 8.74. The molecule has 0 unspecified atom stereocenters. The maximum absolute atomic E-state index is 5.48. The minimum Gasteiger partial charge on any atom is -0.403 e. The standard InChI is InChI=1S/C12H15N3S/c1-9(6-13)15-7-11-4-3-10(8-16-2)5-12(11)14-15/h3-7H,8,13H2,1-2H3/b9-6-. The second-order valence-corrected chi connectivity index (χ2v) is 4.57. The molecule has 2 aromatic rings. The van der Waals surface area contributed by atoms with Crippen molar-refractivity contribution < 1.29 is 0 Å². The highest BCUT2D eigenvalue weighted by Crippen LogP contribution is 2.18. The third kappa shape index (κ3) is 2.07. The molecule has 0 saturated heterocycles. The molecule has 0 saturated carbocycles. The van der Waals surface area contributed by atoms with Crippen LogP contribution in [0.5, 0.6) is 0 Å². The lowest BCUT2D eigenvalue weighted by molar-refractivity contribution is 0.909. The van der Waals surface area contributed by atoms with Crippen molar-refractivity contribution in [1.82, 2.24) is 9.78 Å². The Morgan fingerprint density at radius 2 is 2.38 bits per heavy atom. The first-order chi connectivity index (χ1) is 7.74. The number of fused-ring (bicyclic) bond motifs is 1. The van der Waals surface area contributed by atoms with Gasteiger partial charge in [-0.25, -0.2) is 4.68 Å². The maximum Gasteiger partial charge on any atom is 0.0930 e. The van der Waals surface area contributed by atoms with Crippen LogP contribution in [0, 0.1) is 0 Å². The minimum absolute atomic E-state index is 0.933. The molecule has 2 rings (SSSR count). The Morgan fingerprint density at radius 3 is 3.06 bits per heavy atom. The van der Waals surface area contributed by atoms with Crippen molar-refractivity contribution in [2.75, 3.05) is 6.26 Å². The van der Waals surface area contributed by atoms with E-state index in [-0.39, 0.29) is 0 Å². The molecule has 1 heterocycles. The molecule has 0 radical (unpaired) electrons. The quantitative estimate of drug-likeness (QED) is 0.886. The summed E-state index contributed by atoms with van der Waals surface area (Å²) < 4.78 is 1.81. The lowest BCUT2D eigenvalue weighted by Crippen LogP contribution is -1.96. The van der Waals surface area contributed by atoms with E-state index in [2.05, 4.69) is 29.6 Å². The highest BCUT2D eigenvalue weighted by Gasteiger charge is 2.02. The van der Waals surface area contributed by atoms with E-state index < -0.39 is 0 Å². The second kappa shape index (κ2) is 4.61. The van der Waals surface area contributed by atoms with Crippen molar-refractivity contribution in [3.8, 4) is 0 Å². The van der Waals surface area contributed by atoms with E-state index in [1.54, 1.807) is 6.20 Å². The monoisotopic (exact) mass is 233 g/mol. The SMILES string of the molecule is CSCc1ccc2cn(/C(C)=C\N)nc2c1. The molecule has 1 aromatic heterocycles. The van der Waals surface area contributed by atoms with E-state index in [0.29, 0.717) is 0 Å². The number of aromatic nitrogens is 2. The summed E-state index contributed by atoms with van der Waals surface area (Å²) in [4.78, 5) is 0. The average molecular weight is 233 g/mol. The molecule has 0 bridgehead atoms. The molecule has 2 N–H and O–H groups in total. The van der Waals surface area contributed by atoms with Gasteiger partial charge in [0.25, 0.3) is 0 Å². The summed E-state index contributed by atoms with van der Waals surface area (Å²) in [7, 11) is 0. The van der Waals surface area contributed by atoms with Crippen LogP contribution in [0.1, 0.15) is 12.5 Å². The summed E-state index contributed by atoms with van der Waals surface area (Å²) in [5.74, 6) is 1.02. The average Bonchev–Trinajstić information content (AvgIpc) is 2.71. The molecule has 0 aliphatic carbocycles. The van der Waals surface area contributed by atoms with Crippen LogP contribution < -0.4 is 5.73 Å². The Kier molecular flexibility index (Phi) is 3.19. The van der Waals surface area contributed by atoms with Gasteiger partial charge in [0.05, 0.1) is 11.2 Å². The molecular formula is C12H15N3S. The topological polar surface area (TPSA) is 43.8 Å². The Balaban J connectivity index is 2.45. The zero-order valence-corrected chi connectivity index (χ0v) is 10.3. The number of hydrogen-bond acceptors (Lipinski definition) is 3. The number of nitrogens with two attached hydrogens (primary N) is 1. The van der Waals surface area contributed by atoms with Crippen LogP contribution in [0.4, 0.5) is 0 Å². The van der Waals surface area contributed by atoms with Gasteiger partial charge in [-0.05, 0) is 24.8 Å². The predicted octanol–water partition coefficient (Wildman–Crippen LogP) is 2.68. The third-order valence-corrected chi connectivity index (χ3v) is 3.11. The van der Waals surface area contributed by atoms with Crippen molar-refractivity contribution in [1.29, 1.82) is 0 Å². The molecule has 3 nitrogen and oxygen atoms in total. The molecule has 0 amide bonds. The van der Waals surface area contributed by atoms with Crippen molar-refractivity contribution in [3.63, 3.8) is 0 Å². The first kappa shape index (κ1) is 11.1. The van der Waals surface area contributed by atoms with Gasteiger partial charge in [-0.15, -0.1) is 0 Å². The second-order valence-electron chi connectivity index (χ2n) is 3.71. The highest BCUT2D eigenvalue weighted by molar-refractivity contribution is 7.97. The largest absolute Gasteiger partial charge is 0.403 e. The van der Waals surface area contributed by atoms with E-state index in [1.165, 1.54) is 5.56 Å². The lowest BCUT2D eigenvalue weighted by Gasteiger charge is -1.97. The fourth-order valence-electron chi connectivity index (χ4n) is 1.58. The fraction of sp³-hybridized carbons (Fsp3) is 0.250. The number of benzene rings is 1. The number of allylic oxidation sites excluding steroid dienone is 1. The van der Waals surface area contributed by atoms with Crippen molar-refractivity contribution in [2.24, 2.45) is 5.73 Å². The molecule has 0 aliphatic heterocycles. The maximum atomic E-state index is 5.48. The molecule has 0 fully saturated rings. The van der Waals surface area contributed by atoms with Crippen molar-refractivity contribution >= 4 is 28.4 Å². The van der Waals surface area contributed by atoms with Crippen LogP contribution in [0.2, 0.25) is 0 Å². The van der Waals surface area contributed by atoms with E-state index >= 15 is 0 Å². The number of hydrogen-bond donors (Lipinski definition) is 1. The Bertz CT molecular complexity index is 528. The van der Waals surface area contributed by atoms with Crippen LogP contribution in [0.15, 0.2) is 30.6 Å². The summed E-state index contributed by atoms with van der Waals surface area (Å²) in [6.45, 7) is 1.94. The summed E-state index contributed by atoms with van der Waals surface area (Å²) in [6.07, 6.45) is 5.66. The molecule has 84 valence electrons. The number of rotatable bonds is 3. The van der Waals surface area contributed by atoms with Crippen molar-refractivity contribution in [2.45, 2.75) is 12.7 Å². The summed E-state index contributed by atoms with van der Waals surface area (Å²) in [5, 5.41) is 5.63. The van der Waals surface area contributed by atoms with Crippen molar-refractivity contribution in [3.05, 3.63) is 36.2 Å². The molecular weight excluding hydrogens is 218 g/mol.